The van der Waals surface area contributed by atoms with Crippen LogP contribution in [0.25, 0.3) is 0 Å². The molecule has 0 saturated carbocycles. The number of ether oxygens (including phenoxy) is 1. The molecule has 2 N–H and O–H groups in total. The number of morpholine rings is 1. The number of carbonyl (C=O) groups excluding carboxylic acids is 2. The molecule has 2 heterocycles. The van der Waals surface area contributed by atoms with Crippen molar-refractivity contribution in [2.24, 2.45) is 0 Å². The smallest absolute Gasteiger partial charge is 0.274 e. The van der Waals surface area contributed by atoms with Crippen LogP contribution in [0, 0.1) is 0 Å². The maximum Gasteiger partial charge on any atom is 0.274 e. The van der Waals surface area contributed by atoms with Crippen LogP contribution in [0.15, 0.2) is 42.6 Å². The van der Waals surface area contributed by atoms with Crippen LogP contribution in [-0.4, -0.2) is 61.0 Å². The summed E-state index contributed by atoms with van der Waals surface area (Å²) < 4.78 is 5.34. The van der Waals surface area contributed by atoms with E-state index in [0.29, 0.717) is 16.9 Å². The molecule has 2 aromatic rings. The molecule has 0 bridgehead atoms. The summed E-state index contributed by atoms with van der Waals surface area (Å²) in [5.74, 6) is -0.358. The van der Waals surface area contributed by atoms with Gasteiger partial charge in [0.1, 0.15) is 5.69 Å². The van der Waals surface area contributed by atoms with Gasteiger partial charge in [-0.1, -0.05) is 12.1 Å². The Morgan fingerprint density at radius 3 is 2.74 bits per heavy atom. The fraction of sp³-hybridized carbons (Fsp3) is 0.350. The quantitative estimate of drug-likeness (QED) is 0.730. The van der Waals surface area contributed by atoms with Crippen LogP contribution in [0.2, 0.25) is 0 Å². The Morgan fingerprint density at radius 2 is 1.96 bits per heavy atom. The highest BCUT2D eigenvalue weighted by atomic mass is 16.5. The summed E-state index contributed by atoms with van der Waals surface area (Å²) in [6, 6.07) is 10.4. The van der Waals surface area contributed by atoms with Gasteiger partial charge in [0.25, 0.3) is 5.91 Å². The maximum absolute atomic E-state index is 12.5. The molecule has 1 fully saturated rings. The zero-order valence-corrected chi connectivity index (χ0v) is 15.4. The number of pyridine rings is 1. The number of hydrogen-bond acceptors (Lipinski definition) is 6. The molecule has 1 aliphatic heterocycles. The predicted octanol–water partition coefficient (Wildman–Crippen LogP) is 2.28. The van der Waals surface area contributed by atoms with Gasteiger partial charge in [0.15, 0.2) is 5.78 Å². The number of nitrogens with one attached hydrogen (secondary N) is 2. The fourth-order valence-electron chi connectivity index (χ4n) is 2.86. The van der Waals surface area contributed by atoms with Crippen LogP contribution in [0.1, 0.15) is 27.8 Å². The van der Waals surface area contributed by atoms with Crippen molar-refractivity contribution in [1.29, 1.82) is 0 Å². The first-order valence-electron chi connectivity index (χ1n) is 9.04. The number of amides is 1. The molecule has 1 aliphatic rings. The summed E-state index contributed by atoms with van der Waals surface area (Å²) in [5.41, 5.74) is 2.29. The highest BCUT2D eigenvalue weighted by molar-refractivity contribution is 6.04. The van der Waals surface area contributed by atoms with Crippen molar-refractivity contribution < 1.29 is 14.3 Å². The van der Waals surface area contributed by atoms with Crippen LogP contribution in [0.4, 0.5) is 11.4 Å². The monoisotopic (exact) mass is 368 g/mol. The molecular formula is C20H24N4O3. The molecule has 142 valence electrons. The second-order valence-corrected chi connectivity index (χ2v) is 6.40. The van der Waals surface area contributed by atoms with Gasteiger partial charge in [-0.25, -0.2) is 0 Å². The lowest BCUT2D eigenvalue weighted by Gasteiger charge is -2.26. The lowest BCUT2D eigenvalue weighted by atomic mass is 10.1. The molecule has 0 radical (unpaired) electrons. The minimum atomic E-state index is -0.312. The Balaban J connectivity index is 1.56. The van der Waals surface area contributed by atoms with Crippen LogP contribution in [0.5, 0.6) is 0 Å². The number of nitrogens with zero attached hydrogens (tertiary/aromatic N) is 2. The molecule has 1 aromatic carbocycles. The largest absolute Gasteiger partial charge is 0.384 e. The Kier molecular flexibility index (Phi) is 6.51. The topological polar surface area (TPSA) is 83.6 Å². The van der Waals surface area contributed by atoms with E-state index >= 15 is 0 Å². The number of rotatable bonds is 7. The van der Waals surface area contributed by atoms with E-state index in [1.807, 2.05) is 6.07 Å². The van der Waals surface area contributed by atoms with Crippen molar-refractivity contribution in [2.45, 2.75) is 6.92 Å². The number of aromatic nitrogens is 1. The van der Waals surface area contributed by atoms with Crippen molar-refractivity contribution in [3.8, 4) is 0 Å². The van der Waals surface area contributed by atoms with Gasteiger partial charge >= 0.3 is 0 Å². The lowest BCUT2D eigenvalue weighted by molar-refractivity contribution is 0.0398. The van der Waals surface area contributed by atoms with Gasteiger partial charge in [0, 0.05) is 49.3 Å². The Labute approximate surface area is 158 Å². The van der Waals surface area contributed by atoms with Gasteiger partial charge < -0.3 is 15.4 Å². The highest BCUT2D eigenvalue weighted by Gasteiger charge is 2.11. The summed E-state index contributed by atoms with van der Waals surface area (Å²) in [6.07, 6.45) is 1.61. The zero-order chi connectivity index (χ0) is 19.1. The average Bonchev–Trinajstić information content (AvgIpc) is 2.69. The number of benzene rings is 1. The summed E-state index contributed by atoms with van der Waals surface area (Å²) in [6.45, 7) is 6.66. The molecule has 1 amide bonds. The van der Waals surface area contributed by atoms with E-state index in [4.69, 9.17) is 4.74 Å². The Hall–Kier alpha value is -2.77. The molecule has 3 rings (SSSR count). The van der Waals surface area contributed by atoms with E-state index in [9.17, 15) is 9.59 Å². The fourth-order valence-corrected chi connectivity index (χ4v) is 2.86. The normalized spacial score (nSPS) is 14.6. The van der Waals surface area contributed by atoms with E-state index in [2.05, 4.69) is 20.5 Å². The summed E-state index contributed by atoms with van der Waals surface area (Å²) in [7, 11) is 0. The van der Waals surface area contributed by atoms with Crippen molar-refractivity contribution in [1.82, 2.24) is 9.88 Å². The first kappa shape index (κ1) is 19.0. The van der Waals surface area contributed by atoms with Crippen LogP contribution < -0.4 is 10.6 Å². The molecule has 1 aromatic heterocycles. The first-order valence-corrected chi connectivity index (χ1v) is 9.04. The number of hydrogen-bond donors (Lipinski definition) is 2. The Morgan fingerprint density at radius 1 is 1.15 bits per heavy atom. The van der Waals surface area contributed by atoms with Gasteiger partial charge in [0.2, 0.25) is 0 Å². The first-order chi connectivity index (χ1) is 13.1. The number of Topliss-reactive ketones (excluding diaryl/α,β-unsaturated/α-hetero) is 1. The van der Waals surface area contributed by atoms with Gasteiger partial charge in [-0.2, -0.15) is 0 Å². The Bertz CT molecular complexity index is 803. The molecule has 0 unspecified atom stereocenters. The average molecular weight is 368 g/mol. The highest BCUT2D eigenvalue weighted by Crippen LogP contribution is 2.14. The predicted molar refractivity (Wildman–Crippen MR) is 104 cm³/mol. The van der Waals surface area contributed by atoms with Gasteiger partial charge in [-0.05, 0) is 31.2 Å². The molecule has 7 heteroatoms. The standard InChI is InChI=1S/C20H24N4O3/c1-15(25)16-3-2-4-18(13-16)23-20(26)19-14-17(5-6-22-19)21-7-8-24-9-11-27-12-10-24/h2-6,13-14H,7-12H2,1H3,(H,21,22)(H,23,26). The number of carbonyl (C=O) groups is 2. The SMILES string of the molecule is CC(=O)c1cccc(NC(=O)c2cc(NCCN3CCOCC3)ccn2)c1. The van der Waals surface area contributed by atoms with Crippen LogP contribution in [0.3, 0.4) is 0 Å². The molecule has 27 heavy (non-hydrogen) atoms. The molecule has 1 saturated heterocycles. The minimum Gasteiger partial charge on any atom is -0.384 e. The molecule has 0 atom stereocenters. The third kappa shape index (κ3) is 5.60. The minimum absolute atomic E-state index is 0.0457. The number of anilines is 2. The van der Waals surface area contributed by atoms with Gasteiger partial charge in [-0.15, -0.1) is 0 Å². The van der Waals surface area contributed by atoms with Crippen molar-refractivity contribution in [2.75, 3.05) is 50.0 Å². The van der Waals surface area contributed by atoms with Crippen LogP contribution >= 0.6 is 0 Å². The van der Waals surface area contributed by atoms with Gasteiger partial charge in [0.05, 0.1) is 13.2 Å². The van der Waals surface area contributed by atoms with Gasteiger partial charge in [-0.3, -0.25) is 19.5 Å². The van der Waals surface area contributed by atoms with Crippen molar-refractivity contribution >= 4 is 23.1 Å². The molecule has 0 spiro atoms. The second-order valence-electron chi connectivity index (χ2n) is 6.40. The van der Waals surface area contributed by atoms with Crippen molar-refractivity contribution in [3.05, 3.63) is 53.9 Å². The van der Waals surface area contributed by atoms with E-state index in [0.717, 1.165) is 45.1 Å². The van der Waals surface area contributed by atoms with E-state index in [1.165, 1.54) is 6.92 Å². The summed E-state index contributed by atoms with van der Waals surface area (Å²) in [5, 5.41) is 6.11. The molecular weight excluding hydrogens is 344 g/mol. The number of ketones is 1. The molecule has 0 aliphatic carbocycles. The lowest BCUT2D eigenvalue weighted by Crippen LogP contribution is -2.39. The van der Waals surface area contributed by atoms with Crippen molar-refractivity contribution in [3.63, 3.8) is 0 Å². The summed E-state index contributed by atoms with van der Waals surface area (Å²) >= 11 is 0. The molecule has 7 nitrogen and oxygen atoms in total. The summed E-state index contributed by atoms with van der Waals surface area (Å²) in [4.78, 5) is 30.4. The van der Waals surface area contributed by atoms with Crippen LogP contribution in [-0.2, 0) is 4.74 Å². The maximum atomic E-state index is 12.5. The zero-order valence-electron chi connectivity index (χ0n) is 15.4. The third-order valence-corrected chi connectivity index (χ3v) is 4.38. The third-order valence-electron chi connectivity index (χ3n) is 4.38. The van der Waals surface area contributed by atoms with E-state index in [-0.39, 0.29) is 11.7 Å². The van der Waals surface area contributed by atoms with E-state index < -0.39 is 0 Å². The second kappa shape index (κ2) is 9.25. The van der Waals surface area contributed by atoms with E-state index in [1.54, 1.807) is 36.5 Å².